The van der Waals surface area contributed by atoms with Crippen molar-refractivity contribution in [2.45, 2.75) is 20.8 Å². The average molecular weight is 226 g/mol. The molecule has 1 aliphatic rings. The van der Waals surface area contributed by atoms with E-state index in [0.717, 1.165) is 0 Å². The summed E-state index contributed by atoms with van der Waals surface area (Å²) in [5.74, 6) is 2.13. The molecule has 4 heteroatoms. The summed E-state index contributed by atoms with van der Waals surface area (Å²) < 4.78 is 0. The van der Waals surface area contributed by atoms with Crippen LogP contribution in [0.4, 0.5) is 0 Å². The zero-order valence-electron chi connectivity index (χ0n) is 10.4. The number of aliphatic imine (C=N–C) groups is 1. The Kier molecular flexibility index (Phi) is 6.43. The van der Waals surface area contributed by atoms with E-state index in [1.54, 1.807) is 11.1 Å². The second-order valence-electron chi connectivity index (χ2n) is 2.86. The number of rotatable bonds is 2. The molecule has 17 heavy (non-hydrogen) atoms. The summed E-state index contributed by atoms with van der Waals surface area (Å²) in [5.41, 5.74) is 1.09. The van der Waals surface area contributed by atoms with Gasteiger partial charge in [0.15, 0.2) is 5.78 Å². The van der Waals surface area contributed by atoms with E-state index in [4.69, 9.17) is 14.3 Å². The van der Waals surface area contributed by atoms with Gasteiger partial charge in [0, 0.05) is 18.0 Å². The summed E-state index contributed by atoms with van der Waals surface area (Å²) in [6, 6.07) is 0. The SMILES string of the molecule is CC.[B]C1=CN(C=C)/C(=C(\C#C)C(C)=O)C=N1. The lowest BCUT2D eigenvalue weighted by Gasteiger charge is -2.21. The summed E-state index contributed by atoms with van der Waals surface area (Å²) in [5, 5.41) is 0. The molecule has 0 aromatic heterocycles. The minimum atomic E-state index is -0.195. The average Bonchev–Trinajstić information content (AvgIpc) is 2.34. The molecule has 1 heterocycles. The molecule has 0 aromatic rings. The predicted octanol–water partition coefficient (Wildman–Crippen LogP) is 1.99. The molecule has 2 radical (unpaired) electrons. The molecule has 0 N–H and O–H groups in total. The van der Waals surface area contributed by atoms with Crippen molar-refractivity contribution in [3.63, 3.8) is 0 Å². The summed E-state index contributed by atoms with van der Waals surface area (Å²) in [6.45, 7) is 9.00. The van der Waals surface area contributed by atoms with E-state index in [1.165, 1.54) is 19.3 Å². The number of hydrogen-bond donors (Lipinski definition) is 0. The van der Waals surface area contributed by atoms with Crippen molar-refractivity contribution in [3.05, 3.63) is 35.8 Å². The summed E-state index contributed by atoms with van der Waals surface area (Å²) in [6.07, 6.45) is 9.76. The van der Waals surface area contributed by atoms with Crippen molar-refractivity contribution in [2.75, 3.05) is 0 Å². The molecule has 0 amide bonds. The van der Waals surface area contributed by atoms with E-state index in [-0.39, 0.29) is 11.4 Å². The lowest BCUT2D eigenvalue weighted by atomic mass is 10.0. The van der Waals surface area contributed by atoms with Crippen molar-refractivity contribution in [3.8, 4) is 12.3 Å². The van der Waals surface area contributed by atoms with Gasteiger partial charge in [0.05, 0.1) is 17.5 Å². The van der Waals surface area contributed by atoms with Gasteiger partial charge in [-0.3, -0.25) is 9.79 Å². The van der Waals surface area contributed by atoms with E-state index < -0.39 is 0 Å². The summed E-state index contributed by atoms with van der Waals surface area (Å²) >= 11 is 0. The molecule has 3 nitrogen and oxygen atoms in total. The number of allylic oxidation sites excluding steroid dienone is 2. The van der Waals surface area contributed by atoms with Gasteiger partial charge in [-0.2, -0.15) is 0 Å². The molecule has 0 fully saturated rings. The Bertz CT molecular complexity index is 439. The monoisotopic (exact) mass is 226 g/mol. The van der Waals surface area contributed by atoms with Gasteiger partial charge in [0.25, 0.3) is 0 Å². The van der Waals surface area contributed by atoms with Gasteiger partial charge in [-0.15, -0.1) is 6.42 Å². The first kappa shape index (κ1) is 15.0. The Morgan fingerprint density at radius 3 is 2.65 bits per heavy atom. The Morgan fingerprint density at radius 2 is 2.24 bits per heavy atom. The van der Waals surface area contributed by atoms with Crippen LogP contribution in [0.1, 0.15) is 20.8 Å². The highest BCUT2D eigenvalue weighted by Crippen LogP contribution is 2.16. The maximum absolute atomic E-state index is 11.2. The van der Waals surface area contributed by atoms with E-state index in [2.05, 4.69) is 17.5 Å². The number of nitrogens with zero attached hydrogens (tertiary/aromatic N) is 2. The second kappa shape index (κ2) is 7.29. The van der Waals surface area contributed by atoms with Crippen LogP contribution in [-0.4, -0.2) is 24.7 Å². The van der Waals surface area contributed by atoms with Gasteiger partial charge < -0.3 is 4.90 Å². The van der Waals surface area contributed by atoms with Crippen molar-refractivity contribution >= 4 is 19.8 Å². The molecular formula is C13H15BN2O. The zero-order valence-corrected chi connectivity index (χ0v) is 10.4. The lowest BCUT2D eigenvalue weighted by molar-refractivity contribution is -0.113. The zero-order chi connectivity index (χ0) is 13.4. The molecule has 0 spiro atoms. The normalized spacial score (nSPS) is 16.1. The maximum atomic E-state index is 11.2. The third-order valence-electron chi connectivity index (χ3n) is 1.83. The minimum absolute atomic E-state index is 0.195. The maximum Gasteiger partial charge on any atom is 0.170 e. The van der Waals surface area contributed by atoms with Crippen LogP contribution < -0.4 is 0 Å². The van der Waals surface area contributed by atoms with Crippen LogP contribution in [0.25, 0.3) is 0 Å². The fourth-order valence-corrected chi connectivity index (χ4v) is 1.15. The van der Waals surface area contributed by atoms with Crippen molar-refractivity contribution in [2.24, 2.45) is 4.99 Å². The van der Waals surface area contributed by atoms with Crippen LogP contribution in [0, 0.1) is 12.3 Å². The number of hydrogen-bond acceptors (Lipinski definition) is 3. The number of carbonyl (C=O) groups excluding carboxylic acids is 1. The fraction of sp³-hybridized carbons (Fsp3) is 0.231. The van der Waals surface area contributed by atoms with Crippen LogP contribution in [-0.2, 0) is 4.79 Å². The standard InChI is InChI=1S/C11H9BN2O.C2H6/c1-4-9(8(3)15)10-6-13-11(12)7-14(10)5-2;1-2/h1,5-7H,2H2,3H3;1-2H3/b10-9+;. The Hall–Kier alpha value is -2.02. The van der Waals surface area contributed by atoms with Crippen LogP contribution in [0.3, 0.4) is 0 Å². The molecule has 1 rings (SSSR count). The third kappa shape index (κ3) is 3.80. The molecule has 0 saturated carbocycles. The van der Waals surface area contributed by atoms with Gasteiger partial charge in [0.2, 0.25) is 0 Å². The van der Waals surface area contributed by atoms with Crippen molar-refractivity contribution in [1.29, 1.82) is 0 Å². The number of Topliss-reactive ketones (excluding diaryl/α,β-unsaturated/α-hetero) is 1. The van der Waals surface area contributed by atoms with Crippen LogP contribution in [0.15, 0.2) is 40.8 Å². The Balaban J connectivity index is 0.00000121. The lowest BCUT2D eigenvalue weighted by Crippen LogP contribution is -2.18. The molecule has 0 aliphatic carbocycles. The van der Waals surface area contributed by atoms with E-state index >= 15 is 0 Å². The van der Waals surface area contributed by atoms with Gasteiger partial charge in [-0.05, 0) is 6.92 Å². The van der Waals surface area contributed by atoms with Crippen molar-refractivity contribution < 1.29 is 4.79 Å². The van der Waals surface area contributed by atoms with Gasteiger partial charge >= 0.3 is 0 Å². The van der Waals surface area contributed by atoms with Gasteiger partial charge in [-0.1, -0.05) is 26.3 Å². The minimum Gasteiger partial charge on any atom is -0.321 e. The van der Waals surface area contributed by atoms with Gasteiger partial charge in [-0.25, -0.2) is 0 Å². The highest BCUT2D eigenvalue weighted by atomic mass is 16.1. The first-order chi connectivity index (χ1) is 8.10. The third-order valence-corrected chi connectivity index (χ3v) is 1.83. The molecule has 0 bridgehead atoms. The number of carbonyl (C=O) groups is 1. The highest BCUT2D eigenvalue weighted by Gasteiger charge is 2.14. The first-order valence-electron chi connectivity index (χ1n) is 5.24. The summed E-state index contributed by atoms with van der Waals surface area (Å²) in [4.78, 5) is 16.7. The van der Waals surface area contributed by atoms with Gasteiger partial charge in [0.1, 0.15) is 7.85 Å². The molecule has 0 aromatic carbocycles. The second-order valence-corrected chi connectivity index (χ2v) is 2.86. The van der Waals surface area contributed by atoms with E-state index in [1.807, 2.05) is 13.8 Å². The van der Waals surface area contributed by atoms with Crippen molar-refractivity contribution in [1.82, 2.24) is 4.90 Å². The number of terminal acetylenes is 1. The highest BCUT2D eigenvalue weighted by molar-refractivity contribution is 6.22. The molecule has 0 atom stereocenters. The van der Waals surface area contributed by atoms with Crippen LogP contribution >= 0.6 is 0 Å². The molecule has 0 unspecified atom stereocenters. The molecule has 0 saturated heterocycles. The molecule has 86 valence electrons. The van der Waals surface area contributed by atoms with E-state index in [9.17, 15) is 4.79 Å². The fourth-order valence-electron chi connectivity index (χ4n) is 1.15. The predicted molar refractivity (Wildman–Crippen MR) is 72.3 cm³/mol. The largest absolute Gasteiger partial charge is 0.321 e. The first-order valence-corrected chi connectivity index (χ1v) is 5.24. The topological polar surface area (TPSA) is 32.7 Å². The smallest absolute Gasteiger partial charge is 0.170 e. The van der Waals surface area contributed by atoms with Crippen LogP contribution in [0.5, 0.6) is 0 Å². The Labute approximate surface area is 104 Å². The summed E-state index contributed by atoms with van der Waals surface area (Å²) in [7, 11) is 5.50. The Morgan fingerprint density at radius 1 is 1.65 bits per heavy atom. The molecular weight excluding hydrogens is 211 g/mol. The molecule has 1 aliphatic heterocycles. The van der Waals surface area contributed by atoms with E-state index in [0.29, 0.717) is 11.3 Å². The quantitative estimate of drug-likeness (QED) is 0.409. The van der Waals surface area contributed by atoms with Crippen LogP contribution in [0.2, 0.25) is 0 Å². The number of ketones is 1.